The van der Waals surface area contributed by atoms with Crippen molar-refractivity contribution >= 4 is 23.3 Å². The SMILES string of the molecule is Cc1nc(Nc2cccc(C)c2C)cc(N2CCC(C(=O)O)CC2)n1. The highest BCUT2D eigenvalue weighted by atomic mass is 16.4. The van der Waals surface area contributed by atoms with Crippen LogP contribution in [-0.2, 0) is 4.79 Å². The van der Waals surface area contributed by atoms with Gasteiger partial charge in [0, 0.05) is 24.8 Å². The lowest BCUT2D eigenvalue weighted by Gasteiger charge is -2.31. The van der Waals surface area contributed by atoms with E-state index in [1.807, 2.05) is 25.1 Å². The Morgan fingerprint density at radius 3 is 2.60 bits per heavy atom. The van der Waals surface area contributed by atoms with Crippen LogP contribution in [0.4, 0.5) is 17.3 Å². The topological polar surface area (TPSA) is 78.4 Å². The lowest BCUT2D eigenvalue weighted by atomic mass is 9.97. The number of carbonyl (C=O) groups is 1. The van der Waals surface area contributed by atoms with E-state index in [1.165, 1.54) is 11.1 Å². The molecule has 0 atom stereocenters. The zero-order valence-corrected chi connectivity index (χ0v) is 14.9. The van der Waals surface area contributed by atoms with Crippen LogP contribution in [0.25, 0.3) is 0 Å². The second-order valence-corrected chi connectivity index (χ2v) is 6.63. The minimum absolute atomic E-state index is 0.244. The number of benzene rings is 1. The zero-order chi connectivity index (χ0) is 18.0. The summed E-state index contributed by atoms with van der Waals surface area (Å²) in [6, 6.07) is 8.09. The molecule has 25 heavy (non-hydrogen) atoms. The summed E-state index contributed by atoms with van der Waals surface area (Å²) in [4.78, 5) is 22.3. The van der Waals surface area contributed by atoms with E-state index in [1.54, 1.807) is 0 Å². The highest BCUT2D eigenvalue weighted by Gasteiger charge is 2.25. The van der Waals surface area contributed by atoms with Crippen LogP contribution in [0.3, 0.4) is 0 Å². The van der Waals surface area contributed by atoms with Crippen LogP contribution in [0.2, 0.25) is 0 Å². The number of aromatic nitrogens is 2. The standard InChI is InChI=1S/C19H24N4O2/c1-12-5-4-6-16(13(12)2)22-17-11-18(21-14(3)20-17)23-9-7-15(8-10-23)19(24)25/h4-6,11,15H,7-10H2,1-3H3,(H,24,25)(H,20,21,22). The van der Waals surface area contributed by atoms with Gasteiger partial charge in [-0.1, -0.05) is 12.1 Å². The first kappa shape index (κ1) is 17.2. The van der Waals surface area contributed by atoms with E-state index in [0.29, 0.717) is 31.8 Å². The first-order chi connectivity index (χ1) is 11.9. The van der Waals surface area contributed by atoms with Gasteiger partial charge in [-0.3, -0.25) is 4.79 Å². The molecule has 0 saturated carbocycles. The fourth-order valence-electron chi connectivity index (χ4n) is 3.16. The molecule has 2 N–H and O–H groups in total. The van der Waals surface area contributed by atoms with Crippen LogP contribution in [-0.4, -0.2) is 34.1 Å². The molecule has 0 radical (unpaired) electrons. The summed E-state index contributed by atoms with van der Waals surface area (Å²) in [6.45, 7) is 7.46. The molecular weight excluding hydrogens is 316 g/mol. The van der Waals surface area contributed by atoms with E-state index >= 15 is 0 Å². The van der Waals surface area contributed by atoms with E-state index in [-0.39, 0.29) is 5.92 Å². The minimum Gasteiger partial charge on any atom is -0.481 e. The number of nitrogens with zero attached hydrogens (tertiary/aromatic N) is 3. The first-order valence-electron chi connectivity index (χ1n) is 8.60. The van der Waals surface area contributed by atoms with Crippen molar-refractivity contribution < 1.29 is 9.90 Å². The predicted molar refractivity (Wildman–Crippen MR) is 98.5 cm³/mol. The molecule has 1 aromatic heterocycles. The molecule has 6 nitrogen and oxygen atoms in total. The Morgan fingerprint density at radius 1 is 1.20 bits per heavy atom. The van der Waals surface area contributed by atoms with Crippen molar-refractivity contribution in [2.24, 2.45) is 5.92 Å². The molecular formula is C19H24N4O2. The van der Waals surface area contributed by atoms with Crippen LogP contribution in [0.15, 0.2) is 24.3 Å². The van der Waals surface area contributed by atoms with E-state index in [9.17, 15) is 4.79 Å². The Balaban J connectivity index is 1.79. The summed E-state index contributed by atoms with van der Waals surface area (Å²) in [5.41, 5.74) is 3.46. The average molecular weight is 340 g/mol. The summed E-state index contributed by atoms with van der Waals surface area (Å²) in [5, 5.41) is 12.5. The fourth-order valence-corrected chi connectivity index (χ4v) is 3.16. The summed E-state index contributed by atoms with van der Waals surface area (Å²) in [5.74, 6) is 1.37. The zero-order valence-electron chi connectivity index (χ0n) is 14.9. The molecule has 0 amide bonds. The number of piperidine rings is 1. The number of anilines is 3. The van der Waals surface area contributed by atoms with Crippen molar-refractivity contribution in [1.29, 1.82) is 0 Å². The molecule has 1 aromatic carbocycles. The van der Waals surface area contributed by atoms with Gasteiger partial charge in [-0.05, 0) is 50.8 Å². The number of carboxylic acids is 1. The monoisotopic (exact) mass is 340 g/mol. The molecule has 3 rings (SSSR count). The second-order valence-electron chi connectivity index (χ2n) is 6.63. The van der Waals surface area contributed by atoms with Gasteiger partial charge in [0.2, 0.25) is 0 Å². The molecule has 0 aliphatic carbocycles. The van der Waals surface area contributed by atoms with E-state index in [0.717, 1.165) is 17.3 Å². The number of nitrogens with one attached hydrogen (secondary N) is 1. The number of aliphatic carboxylic acids is 1. The van der Waals surface area contributed by atoms with E-state index in [2.05, 4.69) is 40.1 Å². The largest absolute Gasteiger partial charge is 0.481 e. The second kappa shape index (κ2) is 7.09. The predicted octanol–water partition coefficient (Wildman–Crippen LogP) is 3.45. The van der Waals surface area contributed by atoms with Crippen molar-refractivity contribution in [1.82, 2.24) is 9.97 Å². The van der Waals surface area contributed by atoms with Crippen LogP contribution in [0.1, 0.15) is 29.8 Å². The molecule has 2 aromatic rings. The molecule has 0 bridgehead atoms. The third-order valence-corrected chi connectivity index (χ3v) is 4.86. The Hall–Kier alpha value is -2.63. The van der Waals surface area contributed by atoms with Crippen molar-refractivity contribution in [2.45, 2.75) is 33.6 Å². The van der Waals surface area contributed by atoms with Gasteiger partial charge in [-0.2, -0.15) is 0 Å². The molecule has 0 spiro atoms. The number of hydrogen-bond donors (Lipinski definition) is 2. The smallest absolute Gasteiger partial charge is 0.306 e. The van der Waals surface area contributed by atoms with E-state index < -0.39 is 5.97 Å². The quantitative estimate of drug-likeness (QED) is 0.887. The van der Waals surface area contributed by atoms with Crippen LogP contribution in [0.5, 0.6) is 0 Å². The molecule has 1 aliphatic heterocycles. The maximum Gasteiger partial charge on any atom is 0.306 e. The summed E-state index contributed by atoms with van der Waals surface area (Å²) in [6.07, 6.45) is 1.30. The van der Waals surface area contributed by atoms with Gasteiger partial charge in [0.1, 0.15) is 17.5 Å². The number of rotatable bonds is 4. The highest BCUT2D eigenvalue weighted by Crippen LogP contribution is 2.26. The molecule has 1 aliphatic rings. The van der Waals surface area contributed by atoms with Gasteiger partial charge in [0.05, 0.1) is 5.92 Å². The molecule has 0 unspecified atom stereocenters. The fraction of sp³-hybridized carbons (Fsp3) is 0.421. The van der Waals surface area contributed by atoms with Gasteiger partial charge in [-0.15, -0.1) is 0 Å². The van der Waals surface area contributed by atoms with Crippen LogP contribution >= 0.6 is 0 Å². The maximum absolute atomic E-state index is 11.1. The lowest BCUT2D eigenvalue weighted by molar-refractivity contribution is -0.142. The van der Waals surface area contributed by atoms with Crippen molar-refractivity contribution in [3.05, 3.63) is 41.2 Å². The van der Waals surface area contributed by atoms with Gasteiger partial charge in [-0.25, -0.2) is 9.97 Å². The third kappa shape index (κ3) is 3.90. The van der Waals surface area contributed by atoms with Gasteiger partial charge in [0.25, 0.3) is 0 Å². The Labute approximate surface area is 147 Å². The van der Waals surface area contributed by atoms with Crippen molar-refractivity contribution in [2.75, 3.05) is 23.3 Å². The normalized spacial score (nSPS) is 15.2. The molecule has 132 valence electrons. The Morgan fingerprint density at radius 2 is 1.92 bits per heavy atom. The number of carboxylic acid groups (broad SMARTS) is 1. The molecule has 1 saturated heterocycles. The first-order valence-corrected chi connectivity index (χ1v) is 8.60. The Kier molecular flexibility index (Phi) is 4.88. The van der Waals surface area contributed by atoms with Crippen molar-refractivity contribution in [3.63, 3.8) is 0 Å². The van der Waals surface area contributed by atoms with Gasteiger partial charge < -0.3 is 15.3 Å². The summed E-state index contributed by atoms with van der Waals surface area (Å²) >= 11 is 0. The number of hydrogen-bond acceptors (Lipinski definition) is 5. The summed E-state index contributed by atoms with van der Waals surface area (Å²) < 4.78 is 0. The minimum atomic E-state index is -0.698. The van der Waals surface area contributed by atoms with Gasteiger partial charge >= 0.3 is 5.97 Å². The average Bonchev–Trinajstić information content (AvgIpc) is 2.58. The summed E-state index contributed by atoms with van der Waals surface area (Å²) in [7, 11) is 0. The number of aryl methyl sites for hydroxylation is 2. The highest BCUT2D eigenvalue weighted by molar-refractivity contribution is 5.70. The Bertz CT molecular complexity index is 783. The van der Waals surface area contributed by atoms with Crippen LogP contribution in [0, 0.1) is 26.7 Å². The molecule has 2 heterocycles. The third-order valence-electron chi connectivity index (χ3n) is 4.86. The van der Waals surface area contributed by atoms with Gasteiger partial charge in [0.15, 0.2) is 0 Å². The lowest BCUT2D eigenvalue weighted by Crippen LogP contribution is -2.36. The molecule has 1 fully saturated rings. The maximum atomic E-state index is 11.1. The van der Waals surface area contributed by atoms with E-state index in [4.69, 9.17) is 5.11 Å². The molecule has 6 heteroatoms. The van der Waals surface area contributed by atoms with Crippen molar-refractivity contribution in [3.8, 4) is 0 Å². The van der Waals surface area contributed by atoms with Crippen LogP contribution < -0.4 is 10.2 Å².